The molecule has 4 rings (SSSR count). The summed E-state index contributed by atoms with van der Waals surface area (Å²) >= 11 is 0. The largest absolute Gasteiger partial charge is 0.212 e. The van der Waals surface area contributed by atoms with Crippen LogP contribution in [-0.4, -0.2) is 0 Å². The fourth-order valence-corrected chi connectivity index (χ4v) is 6.12. The maximum Gasteiger partial charge on any atom is 0.166 e. The van der Waals surface area contributed by atoms with Crippen molar-refractivity contribution in [1.29, 1.82) is 0 Å². The highest BCUT2D eigenvalue weighted by molar-refractivity contribution is 5.67. The third kappa shape index (κ3) is 6.52. The van der Waals surface area contributed by atoms with E-state index >= 15 is 8.78 Å². The molecule has 0 aliphatic heterocycles. The molecule has 3 heteroatoms. The van der Waals surface area contributed by atoms with Crippen LogP contribution in [0.3, 0.4) is 0 Å². The van der Waals surface area contributed by atoms with Crippen molar-refractivity contribution in [3.8, 4) is 11.1 Å². The van der Waals surface area contributed by atoms with E-state index in [0.29, 0.717) is 22.6 Å². The first kappa shape index (κ1) is 26.8. The summed E-state index contributed by atoms with van der Waals surface area (Å²) in [6.07, 6.45) is 17.4. The summed E-state index contributed by atoms with van der Waals surface area (Å²) in [5.74, 6) is -0.410. The Morgan fingerprint density at radius 1 is 0.778 bits per heavy atom. The molecule has 2 atom stereocenters. The molecule has 2 aromatic rings. The number of halogens is 3. The first-order chi connectivity index (χ1) is 17.5. The minimum absolute atomic E-state index is 0.0216. The number of rotatable bonds is 9. The number of hydrogen-bond donors (Lipinski definition) is 0. The molecule has 2 aromatic carbocycles. The second-order valence-electron chi connectivity index (χ2n) is 11.0. The zero-order valence-electron chi connectivity index (χ0n) is 21.9. The van der Waals surface area contributed by atoms with Crippen molar-refractivity contribution in [2.45, 2.75) is 90.4 Å². The summed E-state index contributed by atoms with van der Waals surface area (Å²) in [5.41, 5.74) is 2.42. The Bertz CT molecular complexity index is 1040. The monoisotopic (exact) mass is 494 g/mol. The van der Waals surface area contributed by atoms with Crippen LogP contribution < -0.4 is 0 Å². The number of hydrogen-bond acceptors (Lipinski definition) is 0. The molecule has 194 valence electrons. The average molecular weight is 495 g/mol. The van der Waals surface area contributed by atoms with Crippen molar-refractivity contribution >= 4 is 6.08 Å². The molecule has 2 aliphatic carbocycles. The van der Waals surface area contributed by atoms with Gasteiger partial charge in [0, 0.05) is 11.5 Å². The van der Waals surface area contributed by atoms with Crippen LogP contribution in [0.25, 0.3) is 17.2 Å². The first-order valence-corrected chi connectivity index (χ1v) is 14.1. The van der Waals surface area contributed by atoms with Crippen LogP contribution in [0.15, 0.2) is 54.4 Å². The van der Waals surface area contributed by atoms with Gasteiger partial charge in [-0.3, -0.25) is 0 Å². The summed E-state index contributed by atoms with van der Waals surface area (Å²) in [4.78, 5) is 0. The summed E-state index contributed by atoms with van der Waals surface area (Å²) in [5, 5.41) is 0. The van der Waals surface area contributed by atoms with Crippen LogP contribution in [0.4, 0.5) is 13.2 Å². The molecule has 0 spiro atoms. The fourth-order valence-electron chi connectivity index (χ4n) is 6.12. The molecule has 2 aliphatic rings. The lowest BCUT2D eigenvalue weighted by molar-refractivity contribution is 0.303. The summed E-state index contributed by atoms with van der Waals surface area (Å²) < 4.78 is 44.7. The zero-order chi connectivity index (χ0) is 25.5. The zero-order valence-corrected chi connectivity index (χ0v) is 21.9. The van der Waals surface area contributed by atoms with Crippen LogP contribution >= 0.6 is 0 Å². The van der Waals surface area contributed by atoms with Gasteiger partial charge in [-0.25, -0.2) is 13.2 Å². The molecule has 0 N–H and O–H groups in total. The molecule has 0 bridgehead atoms. The minimum Gasteiger partial charge on any atom is -0.212 e. The van der Waals surface area contributed by atoms with E-state index in [1.807, 2.05) is 42.5 Å². The maximum atomic E-state index is 15.1. The molecule has 0 saturated heterocycles. The van der Waals surface area contributed by atoms with Gasteiger partial charge >= 0.3 is 0 Å². The van der Waals surface area contributed by atoms with E-state index in [-0.39, 0.29) is 17.7 Å². The normalized spacial score (nSPS) is 24.8. The van der Waals surface area contributed by atoms with Crippen LogP contribution in [-0.2, 0) is 0 Å². The van der Waals surface area contributed by atoms with Gasteiger partial charge < -0.3 is 0 Å². The van der Waals surface area contributed by atoms with E-state index < -0.39 is 11.6 Å². The third-order valence-electron chi connectivity index (χ3n) is 8.36. The summed E-state index contributed by atoms with van der Waals surface area (Å²) in [6.45, 7) is 4.37. The molecule has 2 unspecified atom stereocenters. The molecule has 0 heterocycles. The van der Waals surface area contributed by atoms with Crippen molar-refractivity contribution in [2.75, 3.05) is 0 Å². The first-order valence-electron chi connectivity index (χ1n) is 14.1. The Kier molecular flexibility index (Phi) is 9.51. The van der Waals surface area contributed by atoms with Gasteiger partial charge in [-0.2, -0.15) is 0 Å². The van der Waals surface area contributed by atoms with Crippen molar-refractivity contribution in [1.82, 2.24) is 0 Å². The van der Waals surface area contributed by atoms with Crippen LogP contribution in [0.5, 0.6) is 0 Å². The van der Waals surface area contributed by atoms with Gasteiger partial charge in [0.15, 0.2) is 11.6 Å². The van der Waals surface area contributed by atoms with Crippen LogP contribution in [0, 0.1) is 29.4 Å². The highest BCUT2D eigenvalue weighted by Gasteiger charge is 2.26. The van der Waals surface area contributed by atoms with Gasteiger partial charge in [0.25, 0.3) is 0 Å². The smallest absolute Gasteiger partial charge is 0.166 e. The maximum absolute atomic E-state index is 15.1. The Hall–Kier alpha value is -2.29. The van der Waals surface area contributed by atoms with Crippen molar-refractivity contribution in [3.63, 3.8) is 0 Å². The van der Waals surface area contributed by atoms with Gasteiger partial charge in [-0.05, 0) is 85.5 Å². The Labute approximate surface area is 215 Å². The van der Waals surface area contributed by atoms with Crippen LogP contribution in [0.2, 0.25) is 0 Å². The predicted molar refractivity (Wildman–Crippen MR) is 145 cm³/mol. The molecule has 1 saturated carbocycles. The van der Waals surface area contributed by atoms with Gasteiger partial charge in [0.05, 0.1) is 0 Å². The van der Waals surface area contributed by atoms with E-state index in [2.05, 4.69) is 13.8 Å². The van der Waals surface area contributed by atoms with E-state index in [0.717, 1.165) is 69.3 Å². The Morgan fingerprint density at radius 3 is 2.19 bits per heavy atom. The second-order valence-corrected chi connectivity index (χ2v) is 11.0. The molecular formula is C33H41F3. The molecule has 0 radical (unpaired) electrons. The lowest BCUT2D eigenvalue weighted by Crippen LogP contribution is -2.14. The second kappa shape index (κ2) is 12.8. The van der Waals surface area contributed by atoms with Crippen molar-refractivity contribution in [3.05, 3.63) is 77.1 Å². The molecule has 0 amide bonds. The number of unbranched alkanes of at least 4 members (excludes halogenated alkanes) is 1. The summed E-state index contributed by atoms with van der Waals surface area (Å²) in [7, 11) is 0. The van der Waals surface area contributed by atoms with Gasteiger partial charge in [-0.15, -0.1) is 0 Å². The molecule has 0 aromatic heterocycles. The topological polar surface area (TPSA) is 0 Å². The highest BCUT2D eigenvalue weighted by atomic mass is 19.2. The van der Waals surface area contributed by atoms with E-state index in [4.69, 9.17) is 0 Å². The van der Waals surface area contributed by atoms with E-state index in [1.54, 1.807) is 12.1 Å². The van der Waals surface area contributed by atoms with E-state index in [1.165, 1.54) is 12.8 Å². The minimum atomic E-state index is -0.751. The fraction of sp³-hybridized carbons (Fsp3) is 0.515. The quantitative estimate of drug-likeness (QED) is 0.325. The van der Waals surface area contributed by atoms with Crippen molar-refractivity contribution in [2.24, 2.45) is 17.8 Å². The Balaban J connectivity index is 1.40. The molecule has 36 heavy (non-hydrogen) atoms. The van der Waals surface area contributed by atoms with Gasteiger partial charge in [0.2, 0.25) is 0 Å². The lowest BCUT2D eigenvalue weighted by atomic mass is 9.77. The molecule has 1 fully saturated rings. The molecular weight excluding hydrogens is 453 g/mol. The van der Waals surface area contributed by atoms with Crippen LogP contribution in [0.1, 0.15) is 102 Å². The number of allylic oxidation sites excluding steroid dienone is 3. The predicted octanol–water partition coefficient (Wildman–Crippen LogP) is 10.8. The summed E-state index contributed by atoms with van der Waals surface area (Å²) in [6, 6.07) is 10.9. The molecule has 0 nitrogen and oxygen atoms in total. The SMILES string of the molecule is CCCCC1C=C(F)C(/C=C/c2ccc(-c3ccc(C4CCC(CCC)CC4)c(F)c3F)cc2)CC1. The van der Waals surface area contributed by atoms with E-state index in [9.17, 15) is 4.39 Å². The lowest BCUT2D eigenvalue weighted by Gasteiger charge is -2.29. The Morgan fingerprint density at radius 2 is 1.53 bits per heavy atom. The van der Waals surface area contributed by atoms with Gasteiger partial charge in [-0.1, -0.05) is 88.1 Å². The third-order valence-corrected chi connectivity index (χ3v) is 8.36. The standard InChI is InChI=1S/C33H41F3/c1-3-5-7-25-13-19-28(31(34)22-25)18-12-24-10-16-27(17-11-24)30-21-20-29(32(35)33(30)36)26-14-8-23(6-4-2)9-15-26/h10-12,16-18,20-23,25-26,28H,3-9,13-15,19H2,1-2H3/b18-12+. The average Bonchev–Trinajstić information content (AvgIpc) is 2.90. The van der Waals surface area contributed by atoms with Gasteiger partial charge in [0.1, 0.15) is 5.83 Å². The van der Waals surface area contributed by atoms with Crippen molar-refractivity contribution < 1.29 is 13.2 Å². The highest BCUT2D eigenvalue weighted by Crippen LogP contribution is 2.40. The number of benzene rings is 2.